The fourth-order valence-electron chi connectivity index (χ4n) is 2.10. The Bertz CT molecular complexity index is 732. The number of amides is 2. The number of hydrogen-bond donors (Lipinski definition) is 2. The van der Waals surface area contributed by atoms with Gasteiger partial charge in [-0.3, -0.25) is 9.59 Å². The number of rotatable bonds is 5. The molecule has 0 aromatic heterocycles. The molecule has 0 spiro atoms. The molecule has 120 valence electrons. The van der Waals surface area contributed by atoms with Crippen LogP contribution >= 0.6 is 23.2 Å². The second kappa shape index (κ2) is 7.99. The average Bonchev–Trinajstić information content (AvgIpc) is 2.55. The number of anilines is 1. The molecule has 6 heteroatoms. The Balaban J connectivity index is 1.97. The molecule has 0 radical (unpaired) electrons. The summed E-state index contributed by atoms with van der Waals surface area (Å²) < 4.78 is 0. The number of halogens is 2. The highest BCUT2D eigenvalue weighted by Crippen LogP contribution is 2.26. The fraction of sp³-hybridized carbons (Fsp3) is 0.176. The van der Waals surface area contributed by atoms with Crippen molar-refractivity contribution >= 4 is 40.7 Å². The van der Waals surface area contributed by atoms with Gasteiger partial charge in [0.1, 0.15) is 0 Å². The van der Waals surface area contributed by atoms with E-state index < -0.39 is 0 Å². The van der Waals surface area contributed by atoms with E-state index in [-0.39, 0.29) is 18.2 Å². The van der Waals surface area contributed by atoms with Crippen molar-refractivity contribution in [2.24, 2.45) is 0 Å². The molecule has 23 heavy (non-hydrogen) atoms. The van der Waals surface area contributed by atoms with Gasteiger partial charge < -0.3 is 10.6 Å². The van der Waals surface area contributed by atoms with E-state index in [4.69, 9.17) is 23.2 Å². The van der Waals surface area contributed by atoms with Crippen LogP contribution in [0.15, 0.2) is 42.5 Å². The number of carbonyl (C=O) groups is 2. The van der Waals surface area contributed by atoms with E-state index in [2.05, 4.69) is 10.6 Å². The van der Waals surface area contributed by atoms with Crippen molar-refractivity contribution in [2.75, 3.05) is 12.4 Å². The van der Waals surface area contributed by atoms with Crippen LogP contribution < -0.4 is 10.6 Å². The quantitative estimate of drug-likeness (QED) is 0.858. The number of aryl methyl sites for hydroxylation is 1. The highest BCUT2D eigenvalue weighted by atomic mass is 35.5. The number of benzene rings is 2. The molecule has 2 rings (SSSR count). The summed E-state index contributed by atoms with van der Waals surface area (Å²) in [6.07, 6.45) is 0.755. The maximum Gasteiger partial charge on any atom is 0.251 e. The normalized spacial score (nSPS) is 10.2. The second-order valence-electron chi connectivity index (χ2n) is 4.92. The van der Waals surface area contributed by atoms with Gasteiger partial charge in [-0.25, -0.2) is 0 Å². The summed E-state index contributed by atoms with van der Waals surface area (Å²) in [5.74, 6) is -0.359. The zero-order valence-corrected chi connectivity index (χ0v) is 14.0. The molecule has 0 aliphatic heterocycles. The molecule has 0 saturated carbocycles. The van der Waals surface area contributed by atoms with Crippen LogP contribution in [0.5, 0.6) is 0 Å². The van der Waals surface area contributed by atoms with E-state index in [0.717, 1.165) is 5.56 Å². The van der Waals surface area contributed by atoms with Crippen molar-refractivity contribution in [2.45, 2.75) is 12.8 Å². The molecular formula is C17H16Cl2N2O2. The Morgan fingerprint density at radius 1 is 1.09 bits per heavy atom. The van der Waals surface area contributed by atoms with Crippen molar-refractivity contribution in [3.05, 3.63) is 63.6 Å². The van der Waals surface area contributed by atoms with Gasteiger partial charge in [0.05, 0.1) is 10.0 Å². The Kier molecular flexibility index (Phi) is 6.02. The fourth-order valence-corrected chi connectivity index (χ4v) is 2.51. The third-order valence-corrected chi connectivity index (χ3v) is 4.15. The van der Waals surface area contributed by atoms with Crippen LogP contribution in [0.4, 0.5) is 5.69 Å². The third kappa shape index (κ3) is 4.71. The maximum absolute atomic E-state index is 12.0. The maximum atomic E-state index is 12.0. The molecule has 2 amide bonds. The first kappa shape index (κ1) is 17.3. The molecule has 0 unspecified atom stereocenters. The first-order valence-corrected chi connectivity index (χ1v) is 7.81. The van der Waals surface area contributed by atoms with E-state index in [1.807, 2.05) is 6.07 Å². The molecule has 2 aromatic rings. The van der Waals surface area contributed by atoms with E-state index in [9.17, 15) is 9.59 Å². The molecule has 0 bridgehead atoms. The number of carbonyl (C=O) groups excluding carboxylic acids is 2. The lowest BCUT2D eigenvalue weighted by atomic mass is 10.1. The molecule has 4 nitrogen and oxygen atoms in total. The lowest BCUT2D eigenvalue weighted by Crippen LogP contribution is -2.18. The van der Waals surface area contributed by atoms with Crippen LogP contribution in [0.3, 0.4) is 0 Å². The van der Waals surface area contributed by atoms with Gasteiger partial charge in [-0.05, 0) is 36.2 Å². The highest BCUT2D eigenvalue weighted by molar-refractivity contribution is 6.42. The van der Waals surface area contributed by atoms with Crippen LogP contribution in [0.1, 0.15) is 22.3 Å². The SMILES string of the molecule is CNC(=O)c1cccc(NC(=O)CCc2cccc(Cl)c2Cl)c1. The summed E-state index contributed by atoms with van der Waals surface area (Å²) in [6, 6.07) is 12.1. The van der Waals surface area contributed by atoms with Crippen LogP contribution in [0, 0.1) is 0 Å². The van der Waals surface area contributed by atoms with Crippen molar-refractivity contribution in [1.82, 2.24) is 5.32 Å². The summed E-state index contributed by atoms with van der Waals surface area (Å²) in [7, 11) is 1.56. The van der Waals surface area contributed by atoms with Gasteiger partial charge >= 0.3 is 0 Å². The zero-order chi connectivity index (χ0) is 16.8. The second-order valence-corrected chi connectivity index (χ2v) is 5.71. The number of hydrogen-bond acceptors (Lipinski definition) is 2. The summed E-state index contributed by atoms with van der Waals surface area (Å²) in [5, 5.41) is 6.26. The summed E-state index contributed by atoms with van der Waals surface area (Å²) >= 11 is 12.0. The Labute approximate surface area is 144 Å². The van der Waals surface area contributed by atoms with E-state index in [1.54, 1.807) is 43.4 Å². The molecular weight excluding hydrogens is 335 g/mol. The minimum Gasteiger partial charge on any atom is -0.355 e. The van der Waals surface area contributed by atoms with Gasteiger partial charge in [0.15, 0.2) is 0 Å². The minimum atomic E-state index is -0.202. The predicted molar refractivity (Wildman–Crippen MR) is 93.2 cm³/mol. The van der Waals surface area contributed by atoms with Gasteiger partial charge in [-0.15, -0.1) is 0 Å². The van der Waals surface area contributed by atoms with Crippen LogP contribution in [0.25, 0.3) is 0 Å². The summed E-state index contributed by atoms with van der Waals surface area (Å²) in [6.45, 7) is 0. The molecule has 0 atom stereocenters. The van der Waals surface area contributed by atoms with Gasteiger partial charge in [0.2, 0.25) is 5.91 Å². The standard InChI is InChI=1S/C17H16Cl2N2O2/c1-20-17(23)12-5-2-6-13(10-12)21-15(22)9-8-11-4-3-7-14(18)16(11)19/h2-7,10H,8-9H2,1H3,(H,20,23)(H,21,22). The van der Waals surface area contributed by atoms with Crippen molar-refractivity contribution < 1.29 is 9.59 Å². The van der Waals surface area contributed by atoms with Crippen molar-refractivity contribution in [1.29, 1.82) is 0 Å². The van der Waals surface area contributed by atoms with Gasteiger partial charge in [0.25, 0.3) is 5.91 Å². The summed E-state index contributed by atoms with van der Waals surface area (Å²) in [5.41, 5.74) is 1.89. The monoisotopic (exact) mass is 350 g/mol. The lowest BCUT2D eigenvalue weighted by Gasteiger charge is -2.08. The van der Waals surface area contributed by atoms with E-state index in [1.165, 1.54) is 0 Å². The molecule has 2 aromatic carbocycles. The lowest BCUT2D eigenvalue weighted by molar-refractivity contribution is -0.116. The Morgan fingerprint density at radius 2 is 1.83 bits per heavy atom. The Morgan fingerprint density at radius 3 is 2.57 bits per heavy atom. The third-order valence-electron chi connectivity index (χ3n) is 3.29. The topological polar surface area (TPSA) is 58.2 Å². The van der Waals surface area contributed by atoms with Gasteiger partial charge in [-0.1, -0.05) is 41.4 Å². The highest BCUT2D eigenvalue weighted by Gasteiger charge is 2.09. The van der Waals surface area contributed by atoms with Crippen molar-refractivity contribution in [3.63, 3.8) is 0 Å². The Hall–Kier alpha value is -2.04. The van der Waals surface area contributed by atoms with Crippen LogP contribution in [-0.2, 0) is 11.2 Å². The molecule has 0 aliphatic carbocycles. The summed E-state index contributed by atoms with van der Waals surface area (Å²) in [4.78, 5) is 23.6. The van der Waals surface area contributed by atoms with Crippen LogP contribution in [-0.4, -0.2) is 18.9 Å². The van der Waals surface area contributed by atoms with Crippen molar-refractivity contribution in [3.8, 4) is 0 Å². The van der Waals surface area contributed by atoms with E-state index in [0.29, 0.717) is 27.7 Å². The smallest absolute Gasteiger partial charge is 0.251 e. The van der Waals surface area contributed by atoms with E-state index >= 15 is 0 Å². The zero-order valence-electron chi connectivity index (χ0n) is 12.5. The predicted octanol–water partition coefficient (Wildman–Crippen LogP) is 3.92. The first-order chi connectivity index (χ1) is 11.0. The van der Waals surface area contributed by atoms with Crippen LogP contribution in [0.2, 0.25) is 10.0 Å². The molecule has 2 N–H and O–H groups in total. The number of nitrogens with one attached hydrogen (secondary N) is 2. The average molecular weight is 351 g/mol. The molecule has 0 saturated heterocycles. The molecule has 0 aliphatic rings. The molecule has 0 fully saturated rings. The van der Waals surface area contributed by atoms with Gasteiger partial charge in [0, 0.05) is 24.7 Å². The first-order valence-electron chi connectivity index (χ1n) is 7.06. The largest absolute Gasteiger partial charge is 0.355 e. The minimum absolute atomic E-state index is 0.157. The molecule has 0 heterocycles. The van der Waals surface area contributed by atoms with Gasteiger partial charge in [-0.2, -0.15) is 0 Å².